The number of halogens is 2. The first-order chi connectivity index (χ1) is 13.5. The van der Waals surface area contributed by atoms with Crippen LogP contribution in [0.3, 0.4) is 0 Å². The first-order valence-corrected chi connectivity index (χ1v) is 9.12. The lowest BCUT2D eigenvalue weighted by Crippen LogP contribution is -1.99. The van der Waals surface area contributed by atoms with E-state index in [1.54, 1.807) is 36.5 Å². The number of benzene rings is 2. The maximum Gasteiger partial charge on any atom is 0.216 e. The topological polar surface area (TPSA) is 73.7 Å². The van der Waals surface area contributed by atoms with Gasteiger partial charge in [0.2, 0.25) is 10.5 Å². The molecule has 0 unspecified atom stereocenters. The fraction of sp³-hybridized carbons (Fsp3) is 0.167. The van der Waals surface area contributed by atoms with Crippen molar-refractivity contribution < 1.29 is 14.2 Å². The highest BCUT2D eigenvalue weighted by molar-refractivity contribution is 7.71. The molecule has 0 bridgehead atoms. The van der Waals surface area contributed by atoms with Crippen LogP contribution in [0.5, 0.6) is 17.2 Å². The van der Waals surface area contributed by atoms with Crippen LogP contribution in [-0.4, -0.2) is 42.4 Å². The molecule has 0 saturated heterocycles. The van der Waals surface area contributed by atoms with Crippen molar-refractivity contribution in [2.45, 2.75) is 0 Å². The Morgan fingerprint density at radius 1 is 1.11 bits per heavy atom. The highest BCUT2D eigenvalue weighted by Gasteiger charge is 2.17. The van der Waals surface area contributed by atoms with Gasteiger partial charge in [-0.15, -0.1) is 0 Å². The summed E-state index contributed by atoms with van der Waals surface area (Å²) >= 11 is 17.6. The second-order valence-electron chi connectivity index (χ2n) is 5.47. The van der Waals surface area contributed by atoms with Crippen molar-refractivity contribution in [3.63, 3.8) is 0 Å². The second kappa shape index (κ2) is 8.64. The lowest BCUT2D eigenvalue weighted by molar-refractivity contribution is 0.324. The van der Waals surface area contributed by atoms with Crippen molar-refractivity contribution in [2.75, 3.05) is 21.3 Å². The zero-order valence-electron chi connectivity index (χ0n) is 15.2. The maximum absolute atomic E-state index is 6.21. The van der Waals surface area contributed by atoms with Crippen LogP contribution in [0.25, 0.3) is 11.4 Å². The molecule has 0 saturated carbocycles. The normalized spacial score (nSPS) is 11.0. The minimum absolute atomic E-state index is 0.304. The van der Waals surface area contributed by atoms with Crippen LogP contribution in [0.1, 0.15) is 5.56 Å². The Morgan fingerprint density at radius 3 is 2.39 bits per heavy atom. The average molecular weight is 439 g/mol. The minimum Gasteiger partial charge on any atom is -0.493 e. The number of hydrogen-bond donors (Lipinski definition) is 1. The van der Waals surface area contributed by atoms with Gasteiger partial charge in [-0.05, 0) is 30.4 Å². The number of nitrogens with zero attached hydrogens (tertiary/aromatic N) is 3. The molecule has 28 heavy (non-hydrogen) atoms. The third kappa shape index (κ3) is 3.84. The van der Waals surface area contributed by atoms with Gasteiger partial charge in [0.1, 0.15) is 0 Å². The van der Waals surface area contributed by atoms with E-state index in [4.69, 9.17) is 49.6 Å². The van der Waals surface area contributed by atoms with E-state index in [9.17, 15) is 0 Å². The van der Waals surface area contributed by atoms with Crippen LogP contribution in [0.4, 0.5) is 0 Å². The van der Waals surface area contributed by atoms with Gasteiger partial charge in [0.05, 0.1) is 37.6 Å². The van der Waals surface area contributed by atoms with Gasteiger partial charge in [0.15, 0.2) is 17.3 Å². The Balaban J connectivity index is 2.10. The average Bonchev–Trinajstić information content (AvgIpc) is 3.08. The first-order valence-electron chi connectivity index (χ1n) is 7.96. The Morgan fingerprint density at radius 2 is 1.79 bits per heavy atom. The summed E-state index contributed by atoms with van der Waals surface area (Å²) in [4.78, 5) is 0. The van der Waals surface area contributed by atoms with Gasteiger partial charge in [-0.25, -0.2) is 5.10 Å². The van der Waals surface area contributed by atoms with E-state index in [0.717, 1.165) is 0 Å². The molecule has 10 heteroatoms. The third-order valence-electron chi connectivity index (χ3n) is 3.87. The van der Waals surface area contributed by atoms with Crippen molar-refractivity contribution in [3.8, 4) is 28.6 Å². The van der Waals surface area contributed by atoms with Gasteiger partial charge < -0.3 is 14.2 Å². The molecule has 0 spiro atoms. The molecular weight excluding hydrogens is 423 g/mol. The molecule has 0 aliphatic rings. The molecule has 3 rings (SSSR count). The van der Waals surface area contributed by atoms with Crippen molar-refractivity contribution in [2.24, 2.45) is 5.10 Å². The quantitative estimate of drug-likeness (QED) is 0.440. The molecule has 0 aliphatic heterocycles. The molecule has 3 aromatic rings. The van der Waals surface area contributed by atoms with Crippen molar-refractivity contribution in [1.82, 2.24) is 14.9 Å². The Labute approximate surface area is 176 Å². The smallest absolute Gasteiger partial charge is 0.216 e. The summed E-state index contributed by atoms with van der Waals surface area (Å²) in [6.07, 6.45) is 1.56. The fourth-order valence-electron chi connectivity index (χ4n) is 2.54. The highest BCUT2D eigenvalue weighted by Crippen LogP contribution is 2.40. The third-order valence-corrected chi connectivity index (χ3v) is 4.96. The lowest BCUT2D eigenvalue weighted by Gasteiger charge is -2.13. The summed E-state index contributed by atoms with van der Waals surface area (Å²) in [5.74, 6) is 1.90. The number of aromatic amines is 1. The maximum atomic E-state index is 6.21. The van der Waals surface area contributed by atoms with E-state index in [-0.39, 0.29) is 0 Å². The molecule has 0 fully saturated rings. The number of H-pyrrole nitrogens is 1. The highest BCUT2D eigenvalue weighted by atomic mass is 35.5. The summed E-state index contributed by atoms with van der Waals surface area (Å²) in [5.41, 5.74) is 1.31. The van der Waals surface area contributed by atoms with Gasteiger partial charge in [-0.2, -0.15) is 14.9 Å². The van der Waals surface area contributed by atoms with Crippen LogP contribution < -0.4 is 14.2 Å². The SMILES string of the molecule is COc1cc(-c2n[nH]c(=S)n2N=Cc2cccc(Cl)c2Cl)cc(OC)c1OC. The van der Waals surface area contributed by atoms with E-state index < -0.39 is 0 Å². The van der Waals surface area contributed by atoms with Crippen molar-refractivity contribution in [1.29, 1.82) is 0 Å². The summed E-state index contributed by atoms with van der Waals surface area (Å²) in [5, 5.41) is 12.2. The summed E-state index contributed by atoms with van der Waals surface area (Å²) in [7, 11) is 4.62. The van der Waals surface area contributed by atoms with E-state index in [1.807, 2.05) is 0 Å². The molecule has 0 radical (unpaired) electrons. The molecule has 146 valence electrons. The van der Waals surface area contributed by atoms with Crippen LogP contribution >= 0.6 is 35.4 Å². The molecule has 0 atom stereocenters. The monoisotopic (exact) mass is 438 g/mol. The lowest BCUT2D eigenvalue weighted by atomic mass is 10.1. The van der Waals surface area contributed by atoms with Crippen LogP contribution in [0.2, 0.25) is 10.0 Å². The molecule has 0 aliphatic carbocycles. The van der Waals surface area contributed by atoms with Crippen LogP contribution in [0, 0.1) is 4.77 Å². The molecule has 1 heterocycles. The Bertz CT molecular complexity index is 1070. The number of nitrogens with one attached hydrogen (secondary N) is 1. The Hall–Kier alpha value is -2.55. The minimum atomic E-state index is 0.304. The number of rotatable bonds is 6. The number of ether oxygens (including phenoxy) is 3. The van der Waals surface area contributed by atoms with E-state index in [2.05, 4.69) is 15.3 Å². The molecule has 1 N–H and O–H groups in total. The molecule has 1 aromatic heterocycles. The zero-order valence-corrected chi connectivity index (χ0v) is 17.5. The van der Waals surface area contributed by atoms with Gasteiger partial charge in [0.25, 0.3) is 0 Å². The van der Waals surface area contributed by atoms with Crippen molar-refractivity contribution in [3.05, 3.63) is 50.7 Å². The van der Waals surface area contributed by atoms with E-state index in [0.29, 0.717) is 49.0 Å². The first kappa shape index (κ1) is 20.2. The predicted octanol–water partition coefficient (Wildman–Crippen LogP) is 4.82. The molecule has 2 aromatic carbocycles. The Kier molecular flexibility index (Phi) is 6.23. The summed E-state index contributed by atoms with van der Waals surface area (Å²) < 4.78 is 17.9. The second-order valence-corrected chi connectivity index (χ2v) is 6.64. The number of methoxy groups -OCH3 is 3. The standard InChI is InChI=1S/C18H16Cl2N4O3S/c1-25-13-7-11(8-14(26-2)16(13)27-3)17-22-23-18(28)24(17)21-9-10-5-4-6-12(19)15(10)20/h4-9H,1-3H3,(H,23,28). The molecular formula is C18H16Cl2N4O3S. The van der Waals surface area contributed by atoms with Gasteiger partial charge in [-0.1, -0.05) is 35.3 Å². The van der Waals surface area contributed by atoms with Crippen LogP contribution in [-0.2, 0) is 0 Å². The molecule has 0 amide bonds. The number of aromatic nitrogens is 3. The largest absolute Gasteiger partial charge is 0.493 e. The summed E-state index contributed by atoms with van der Waals surface area (Å²) in [6.45, 7) is 0. The predicted molar refractivity (Wildman–Crippen MR) is 112 cm³/mol. The van der Waals surface area contributed by atoms with Gasteiger partial charge in [-0.3, -0.25) is 0 Å². The van der Waals surface area contributed by atoms with Crippen molar-refractivity contribution >= 4 is 41.6 Å². The van der Waals surface area contributed by atoms with Gasteiger partial charge in [0, 0.05) is 11.1 Å². The van der Waals surface area contributed by atoms with Crippen LogP contribution in [0.15, 0.2) is 35.4 Å². The van der Waals surface area contributed by atoms with Gasteiger partial charge >= 0.3 is 0 Å². The molecule has 7 nitrogen and oxygen atoms in total. The van der Waals surface area contributed by atoms with E-state index >= 15 is 0 Å². The fourth-order valence-corrected chi connectivity index (χ4v) is 3.07. The zero-order chi connectivity index (χ0) is 20.3. The van der Waals surface area contributed by atoms with E-state index in [1.165, 1.54) is 26.0 Å². The number of hydrogen-bond acceptors (Lipinski definition) is 6. The summed E-state index contributed by atoms with van der Waals surface area (Å²) in [6, 6.07) is 8.78.